The third-order valence-corrected chi connectivity index (χ3v) is 5.62. The smallest absolute Gasteiger partial charge is 0.223 e. The Labute approximate surface area is 124 Å². The Morgan fingerprint density at radius 2 is 2.30 bits per heavy atom. The summed E-state index contributed by atoms with van der Waals surface area (Å²) in [4.78, 5) is 16.5. The highest BCUT2D eigenvalue weighted by Gasteiger charge is 2.42. The van der Waals surface area contributed by atoms with Crippen molar-refractivity contribution in [1.29, 1.82) is 0 Å². The van der Waals surface area contributed by atoms with Crippen LogP contribution in [0.2, 0.25) is 0 Å². The van der Waals surface area contributed by atoms with Crippen LogP contribution in [0.1, 0.15) is 44.2 Å². The summed E-state index contributed by atoms with van der Waals surface area (Å²) in [7, 11) is 0. The molecule has 3 rings (SSSR count). The Bertz CT molecular complexity index is 473. The molecule has 2 fully saturated rings. The van der Waals surface area contributed by atoms with Crippen LogP contribution < -0.4 is 11.1 Å². The Kier molecular flexibility index (Phi) is 4.24. The molecule has 1 amide bonds. The average Bonchev–Trinajstić information content (AvgIpc) is 3.10. The monoisotopic (exact) mass is 293 g/mol. The zero-order chi connectivity index (χ0) is 13.9. The van der Waals surface area contributed by atoms with Gasteiger partial charge in [-0.15, -0.1) is 11.3 Å². The number of anilines is 1. The molecular formula is C15H23N3OS. The second-order valence-electron chi connectivity index (χ2n) is 6.11. The molecule has 0 unspecified atom stereocenters. The maximum absolute atomic E-state index is 12.3. The number of nitrogens with zero attached hydrogens (tertiary/aromatic N) is 1. The van der Waals surface area contributed by atoms with E-state index in [-0.39, 0.29) is 11.8 Å². The van der Waals surface area contributed by atoms with Gasteiger partial charge in [0.05, 0.1) is 5.69 Å². The number of carbonyl (C=O) groups is 1. The van der Waals surface area contributed by atoms with Gasteiger partial charge in [-0.1, -0.05) is 12.8 Å². The first-order valence-corrected chi connectivity index (χ1v) is 8.59. The summed E-state index contributed by atoms with van der Waals surface area (Å²) >= 11 is 1.48. The highest BCUT2D eigenvalue weighted by Crippen LogP contribution is 2.47. The molecule has 0 spiro atoms. The van der Waals surface area contributed by atoms with E-state index in [4.69, 9.17) is 5.73 Å². The molecule has 4 nitrogen and oxygen atoms in total. The number of hydrogen-bond donors (Lipinski definition) is 2. The highest BCUT2D eigenvalue weighted by atomic mass is 32.1. The van der Waals surface area contributed by atoms with Crippen molar-refractivity contribution in [2.45, 2.75) is 44.9 Å². The van der Waals surface area contributed by atoms with E-state index in [1.54, 1.807) is 0 Å². The Morgan fingerprint density at radius 3 is 3.10 bits per heavy atom. The van der Waals surface area contributed by atoms with Crippen LogP contribution in [-0.2, 0) is 11.2 Å². The number of rotatable bonds is 5. The first kappa shape index (κ1) is 13.9. The molecule has 0 bridgehead atoms. The molecule has 0 aromatic carbocycles. The molecule has 2 saturated carbocycles. The highest BCUT2D eigenvalue weighted by molar-refractivity contribution is 7.13. The number of carbonyl (C=O) groups excluding carboxylic acids is 1. The molecule has 0 radical (unpaired) electrons. The van der Waals surface area contributed by atoms with E-state index in [1.807, 2.05) is 5.38 Å². The van der Waals surface area contributed by atoms with E-state index >= 15 is 0 Å². The SMILES string of the molecule is Nc1nc(CCCNC(=O)[C@H]2CC[C@@H]3CCC[C@@H]32)cs1. The van der Waals surface area contributed by atoms with Crippen molar-refractivity contribution in [3.05, 3.63) is 11.1 Å². The summed E-state index contributed by atoms with van der Waals surface area (Å²) in [5.41, 5.74) is 6.64. The normalized spacial score (nSPS) is 28.5. The van der Waals surface area contributed by atoms with Crippen molar-refractivity contribution in [3.8, 4) is 0 Å². The summed E-state index contributed by atoms with van der Waals surface area (Å²) in [6.45, 7) is 0.754. The summed E-state index contributed by atoms with van der Waals surface area (Å²) in [6.07, 6.45) is 8.13. The van der Waals surface area contributed by atoms with Crippen LogP contribution in [0.4, 0.5) is 5.13 Å². The van der Waals surface area contributed by atoms with Crippen molar-refractivity contribution in [3.63, 3.8) is 0 Å². The van der Waals surface area contributed by atoms with Gasteiger partial charge in [0.2, 0.25) is 5.91 Å². The Hall–Kier alpha value is -1.10. The lowest BCUT2D eigenvalue weighted by molar-refractivity contribution is -0.126. The number of nitrogens with two attached hydrogens (primary N) is 1. The number of aromatic nitrogens is 1. The maximum Gasteiger partial charge on any atom is 0.223 e. The number of thiazole rings is 1. The lowest BCUT2D eigenvalue weighted by Gasteiger charge is -2.17. The summed E-state index contributed by atoms with van der Waals surface area (Å²) in [5, 5.41) is 5.74. The number of hydrogen-bond acceptors (Lipinski definition) is 4. The molecule has 1 aromatic rings. The van der Waals surface area contributed by atoms with Crippen molar-refractivity contribution in [1.82, 2.24) is 10.3 Å². The fourth-order valence-electron chi connectivity index (χ4n) is 3.94. The molecule has 1 aromatic heterocycles. The lowest BCUT2D eigenvalue weighted by Crippen LogP contribution is -2.33. The topological polar surface area (TPSA) is 68.0 Å². The second kappa shape index (κ2) is 6.12. The predicted molar refractivity (Wildman–Crippen MR) is 81.4 cm³/mol. The summed E-state index contributed by atoms with van der Waals surface area (Å²) in [5.74, 6) is 2.09. The van der Waals surface area contributed by atoms with E-state index < -0.39 is 0 Å². The van der Waals surface area contributed by atoms with E-state index in [0.29, 0.717) is 11.0 Å². The van der Waals surface area contributed by atoms with Crippen LogP contribution >= 0.6 is 11.3 Å². The van der Waals surface area contributed by atoms with Gasteiger partial charge in [0, 0.05) is 17.8 Å². The molecule has 1 heterocycles. The van der Waals surface area contributed by atoms with Gasteiger partial charge in [-0.25, -0.2) is 4.98 Å². The molecule has 110 valence electrons. The predicted octanol–water partition coefficient (Wildman–Crippen LogP) is 2.60. The molecule has 3 N–H and O–H groups in total. The average molecular weight is 293 g/mol. The van der Waals surface area contributed by atoms with Crippen LogP contribution in [0.5, 0.6) is 0 Å². The van der Waals surface area contributed by atoms with Gasteiger partial charge in [-0.2, -0.15) is 0 Å². The Morgan fingerprint density at radius 1 is 1.40 bits per heavy atom. The van der Waals surface area contributed by atoms with Gasteiger partial charge in [0.25, 0.3) is 0 Å². The van der Waals surface area contributed by atoms with Gasteiger partial charge in [0.15, 0.2) is 5.13 Å². The zero-order valence-electron chi connectivity index (χ0n) is 11.8. The van der Waals surface area contributed by atoms with Gasteiger partial charge in [-0.05, 0) is 43.9 Å². The quantitative estimate of drug-likeness (QED) is 0.820. The van der Waals surface area contributed by atoms with Crippen LogP contribution in [0.3, 0.4) is 0 Å². The molecule has 5 heteroatoms. The summed E-state index contributed by atoms with van der Waals surface area (Å²) < 4.78 is 0. The maximum atomic E-state index is 12.3. The van der Waals surface area contributed by atoms with Gasteiger partial charge in [0.1, 0.15) is 0 Å². The van der Waals surface area contributed by atoms with Crippen LogP contribution in [0.25, 0.3) is 0 Å². The van der Waals surface area contributed by atoms with E-state index in [9.17, 15) is 4.79 Å². The number of amides is 1. The molecule has 2 aliphatic rings. The van der Waals surface area contributed by atoms with E-state index in [0.717, 1.165) is 37.4 Å². The van der Waals surface area contributed by atoms with Crippen LogP contribution in [-0.4, -0.2) is 17.4 Å². The molecule has 20 heavy (non-hydrogen) atoms. The van der Waals surface area contributed by atoms with E-state index in [2.05, 4.69) is 10.3 Å². The standard InChI is InChI=1S/C15H23N3OS/c16-15-18-11(9-20-15)4-2-8-17-14(19)13-7-6-10-3-1-5-12(10)13/h9-10,12-13H,1-8H2,(H2,16,18)(H,17,19)/t10-,12-,13-/m0/s1. The van der Waals surface area contributed by atoms with Gasteiger partial charge >= 0.3 is 0 Å². The van der Waals surface area contributed by atoms with Crippen LogP contribution in [0, 0.1) is 17.8 Å². The lowest BCUT2D eigenvalue weighted by atomic mass is 9.91. The first-order chi connectivity index (χ1) is 9.74. The van der Waals surface area contributed by atoms with Crippen molar-refractivity contribution in [2.24, 2.45) is 17.8 Å². The molecule has 0 aliphatic heterocycles. The number of nitrogen functional groups attached to an aromatic ring is 1. The molecular weight excluding hydrogens is 270 g/mol. The van der Waals surface area contributed by atoms with Crippen molar-refractivity contribution < 1.29 is 4.79 Å². The number of aryl methyl sites for hydroxylation is 1. The largest absolute Gasteiger partial charge is 0.375 e. The Balaban J connectivity index is 1.39. The van der Waals surface area contributed by atoms with Crippen molar-refractivity contribution in [2.75, 3.05) is 12.3 Å². The minimum atomic E-state index is 0.289. The minimum absolute atomic E-state index is 0.289. The number of fused-ring (bicyclic) bond motifs is 1. The van der Waals surface area contributed by atoms with E-state index in [1.165, 1.54) is 37.0 Å². The number of nitrogens with one attached hydrogen (secondary N) is 1. The first-order valence-electron chi connectivity index (χ1n) is 7.71. The molecule has 3 atom stereocenters. The minimum Gasteiger partial charge on any atom is -0.375 e. The fourth-order valence-corrected chi connectivity index (χ4v) is 4.53. The zero-order valence-corrected chi connectivity index (χ0v) is 12.6. The summed E-state index contributed by atoms with van der Waals surface area (Å²) in [6, 6.07) is 0. The van der Waals surface area contributed by atoms with Crippen LogP contribution in [0.15, 0.2) is 5.38 Å². The van der Waals surface area contributed by atoms with Gasteiger partial charge < -0.3 is 11.1 Å². The van der Waals surface area contributed by atoms with Gasteiger partial charge in [-0.3, -0.25) is 4.79 Å². The van der Waals surface area contributed by atoms with Crippen molar-refractivity contribution >= 4 is 22.4 Å². The third-order valence-electron chi connectivity index (χ3n) is 4.90. The molecule has 0 saturated heterocycles. The third kappa shape index (κ3) is 2.97. The second-order valence-corrected chi connectivity index (χ2v) is 7.00. The molecule has 2 aliphatic carbocycles. The fraction of sp³-hybridized carbons (Fsp3) is 0.733.